The zero-order chi connectivity index (χ0) is 29.5. The normalized spacial score (nSPS) is 14.0. The Morgan fingerprint density at radius 2 is 1.00 bits per heavy atom. The van der Waals surface area contributed by atoms with Crippen molar-refractivity contribution in [1.29, 1.82) is 0 Å². The van der Waals surface area contributed by atoms with Crippen LogP contribution in [0.2, 0.25) is 0 Å². The summed E-state index contributed by atoms with van der Waals surface area (Å²) in [6, 6.07) is -0.805. The molecule has 0 bridgehead atoms. The summed E-state index contributed by atoms with van der Waals surface area (Å²) >= 11 is 0. The summed E-state index contributed by atoms with van der Waals surface area (Å²) in [5, 5.41) is 33.2. The summed E-state index contributed by atoms with van der Waals surface area (Å²) in [5.41, 5.74) is 0. The fourth-order valence-electron chi connectivity index (χ4n) is 5.33. The molecule has 0 saturated carbocycles. The number of aliphatic hydroxyl groups excluding tert-OH is 3. The second-order valence-electron chi connectivity index (χ2n) is 12.1. The number of hydrogen-bond donors (Lipinski definition) is 4. The van der Waals surface area contributed by atoms with Gasteiger partial charge in [0.2, 0.25) is 5.91 Å². The summed E-state index contributed by atoms with van der Waals surface area (Å²) in [5.74, 6) is -0.152. The maximum atomic E-state index is 12.3. The van der Waals surface area contributed by atoms with Crippen LogP contribution < -0.4 is 5.32 Å². The molecule has 0 saturated heterocycles. The summed E-state index contributed by atoms with van der Waals surface area (Å²) in [4.78, 5) is 12.3. The van der Waals surface area contributed by atoms with Crippen LogP contribution in [0, 0.1) is 0 Å². The van der Waals surface area contributed by atoms with Crippen molar-refractivity contribution in [3.05, 3.63) is 12.2 Å². The first-order chi connectivity index (χ1) is 19.6. The fourth-order valence-corrected chi connectivity index (χ4v) is 5.33. The van der Waals surface area contributed by atoms with Gasteiger partial charge in [-0.3, -0.25) is 4.79 Å². The van der Waals surface area contributed by atoms with Gasteiger partial charge in [0, 0.05) is 6.42 Å². The average Bonchev–Trinajstić information content (AvgIpc) is 2.96. The molecular formula is C35H69NO4. The molecule has 0 fully saturated rings. The number of amides is 1. The highest BCUT2D eigenvalue weighted by atomic mass is 16.3. The molecule has 0 aliphatic heterocycles. The molecule has 0 aliphatic rings. The Hall–Kier alpha value is -0.910. The number of allylic oxidation sites excluding steroid dienone is 2. The SMILES string of the molecule is CCCCCCCC/C=C\CCCCCCCCCC(=O)NC(CO)C(O)C(O)CCCCCCCCCCC. The van der Waals surface area contributed by atoms with Crippen molar-refractivity contribution in [2.75, 3.05) is 6.61 Å². The molecule has 0 spiro atoms. The topological polar surface area (TPSA) is 89.8 Å². The number of nitrogens with one attached hydrogen (secondary N) is 1. The average molecular weight is 568 g/mol. The lowest BCUT2D eigenvalue weighted by Crippen LogP contribution is -2.50. The van der Waals surface area contributed by atoms with Gasteiger partial charge in [-0.1, -0.05) is 148 Å². The van der Waals surface area contributed by atoms with Gasteiger partial charge in [-0.05, 0) is 38.5 Å². The quantitative estimate of drug-likeness (QED) is 0.0497. The van der Waals surface area contributed by atoms with Gasteiger partial charge in [-0.2, -0.15) is 0 Å². The van der Waals surface area contributed by atoms with Crippen molar-refractivity contribution in [1.82, 2.24) is 5.32 Å². The van der Waals surface area contributed by atoms with Crippen LogP contribution in [0.3, 0.4) is 0 Å². The van der Waals surface area contributed by atoms with Crippen LogP contribution in [0.5, 0.6) is 0 Å². The molecule has 1 amide bonds. The molecule has 5 nitrogen and oxygen atoms in total. The van der Waals surface area contributed by atoms with Gasteiger partial charge in [0.1, 0.15) is 6.10 Å². The van der Waals surface area contributed by atoms with Crippen LogP contribution in [-0.4, -0.2) is 46.1 Å². The zero-order valence-corrected chi connectivity index (χ0v) is 26.7. The second-order valence-corrected chi connectivity index (χ2v) is 12.1. The molecule has 0 radical (unpaired) electrons. The molecule has 5 heteroatoms. The molecule has 40 heavy (non-hydrogen) atoms. The highest BCUT2D eigenvalue weighted by Crippen LogP contribution is 2.15. The van der Waals surface area contributed by atoms with E-state index in [2.05, 4.69) is 31.3 Å². The van der Waals surface area contributed by atoms with Crippen molar-refractivity contribution in [3.63, 3.8) is 0 Å². The van der Waals surface area contributed by atoms with E-state index in [0.717, 1.165) is 38.5 Å². The van der Waals surface area contributed by atoms with E-state index in [0.29, 0.717) is 12.8 Å². The minimum atomic E-state index is -1.13. The smallest absolute Gasteiger partial charge is 0.220 e. The largest absolute Gasteiger partial charge is 0.394 e. The van der Waals surface area contributed by atoms with Gasteiger partial charge in [0.15, 0.2) is 0 Å². The number of carbonyl (C=O) groups excluding carboxylic acids is 1. The molecular weight excluding hydrogens is 498 g/mol. The lowest BCUT2D eigenvalue weighted by atomic mass is 9.99. The van der Waals surface area contributed by atoms with Crippen LogP contribution in [0.15, 0.2) is 12.2 Å². The Morgan fingerprint density at radius 1 is 0.600 bits per heavy atom. The fraction of sp³-hybridized carbons (Fsp3) is 0.914. The van der Waals surface area contributed by atoms with E-state index in [1.165, 1.54) is 116 Å². The Bertz CT molecular complexity index is 554. The third-order valence-electron chi connectivity index (χ3n) is 8.12. The second kappa shape index (κ2) is 31.0. The third-order valence-corrected chi connectivity index (χ3v) is 8.12. The van der Waals surface area contributed by atoms with Crippen LogP contribution >= 0.6 is 0 Å². The molecule has 0 aliphatic carbocycles. The maximum absolute atomic E-state index is 12.3. The highest BCUT2D eigenvalue weighted by molar-refractivity contribution is 5.76. The minimum absolute atomic E-state index is 0.152. The Morgan fingerprint density at radius 3 is 1.45 bits per heavy atom. The molecule has 3 unspecified atom stereocenters. The number of unbranched alkanes of at least 4 members (excludes halogenated alkanes) is 21. The first-order valence-corrected chi connectivity index (χ1v) is 17.5. The predicted molar refractivity (Wildman–Crippen MR) is 172 cm³/mol. The third kappa shape index (κ3) is 26.0. The molecule has 0 rings (SSSR count). The predicted octanol–water partition coefficient (Wildman–Crippen LogP) is 8.92. The van der Waals surface area contributed by atoms with Gasteiger partial charge < -0.3 is 20.6 Å². The van der Waals surface area contributed by atoms with E-state index in [1.54, 1.807) is 0 Å². The molecule has 0 aromatic carbocycles. The highest BCUT2D eigenvalue weighted by Gasteiger charge is 2.26. The first kappa shape index (κ1) is 39.1. The zero-order valence-electron chi connectivity index (χ0n) is 26.7. The lowest BCUT2D eigenvalue weighted by molar-refractivity contribution is -0.124. The molecule has 4 N–H and O–H groups in total. The number of aliphatic hydroxyl groups is 3. The van der Waals surface area contributed by atoms with E-state index in [9.17, 15) is 20.1 Å². The summed E-state index contributed by atoms with van der Waals surface area (Å²) in [7, 11) is 0. The maximum Gasteiger partial charge on any atom is 0.220 e. The molecule has 0 aromatic heterocycles. The van der Waals surface area contributed by atoms with Crippen LogP contribution in [0.25, 0.3) is 0 Å². The Kier molecular flexibility index (Phi) is 30.3. The van der Waals surface area contributed by atoms with Crippen molar-refractivity contribution in [3.8, 4) is 0 Å². The van der Waals surface area contributed by atoms with Crippen molar-refractivity contribution >= 4 is 5.91 Å². The number of rotatable bonds is 31. The van der Waals surface area contributed by atoms with Gasteiger partial charge in [-0.25, -0.2) is 0 Å². The first-order valence-electron chi connectivity index (χ1n) is 17.5. The van der Waals surface area contributed by atoms with Gasteiger partial charge in [-0.15, -0.1) is 0 Å². The van der Waals surface area contributed by atoms with E-state index in [-0.39, 0.29) is 12.5 Å². The number of carbonyl (C=O) groups is 1. The van der Waals surface area contributed by atoms with E-state index >= 15 is 0 Å². The lowest BCUT2D eigenvalue weighted by Gasteiger charge is -2.26. The van der Waals surface area contributed by atoms with Gasteiger partial charge in [0.25, 0.3) is 0 Å². The van der Waals surface area contributed by atoms with Crippen molar-refractivity contribution in [2.45, 2.75) is 199 Å². The summed E-state index contributed by atoms with van der Waals surface area (Å²) in [6.07, 6.45) is 33.0. The van der Waals surface area contributed by atoms with Gasteiger partial charge >= 0.3 is 0 Å². The molecule has 0 aromatic rings. The Balaban J connectivity index is 3.68. The minimum Gasteiger partial charge on any atom is -0.394 e. The van der Waals surface area contributed by atoms with Crippen molar-refractivity contribution in [2.24, 2.45) is 0 Å². The number of hydrogen-bond acceptors (Lipinski definition) is 4. The van der Waals surface area contributed by atoms with E-state index in [4.69, 9.17) is 0 Å². The molecule has 238 valence electrons. The molecule has 3 atom stereocenters. The monoisotopic (exact) mass is 568 g/mol. The standard InChI is InChI=1S/C35H69NO4/c1-3-5-7-9-11-13-14-15-16-17-18-19-20-22-24-26-28-30-34(39)36-32(31-37)35(40)33(38)29-27-25-23-21-12-10-8-6-4-2/h15-16,32-33,35,37-38,40H,3-14,17-31H2,1-2H3,(H,36,39)/b16-15-. The van der Waals surface area contributed by atoms with Crippen molar-refractivity contribution < 1.29 is 20.1 Å². The van der Waals surface area contributed by atoms with E-state index < -0.39 is 18.2 Å². The summed E-state index contributed by atoms with van der Waals surface area (Å²) in [6.45, 7) is 4.13. The summed E-state index contributed by atoms with van der Waals surface area (Å²) < 4.78 is 0. The van der Waals surface area contributed by atoms with E-state index in [1.807, 2.05) is 0 Å². The van der Waals surface area contributed by atoms with Crippen LogP contribution in [0.4, 0.5) is 0 Å². The Labute approximate surface area is 249 Å². The van der Waals surface area contributed by atoms with Gasteiger partial charge in [0.05, 0.1) is 18.8 Å². The molecule has 0 heterocycles. The van der Waals surface area contributed by atoms with Crippen LogP contribution in [0.1, 0.15) is 181 Å². The van der Waals surface area contributed by atoms with Crippen LogP contribution in [-0.2, 0) is 4.79 Å².